The molecule has 1 saturated carbocycles. The summed E-state index contributed by atoms with van der Waals surface area (Å²) in [7, 11) is 0. The molecule has 19 heavy (non-hydrogen) atoms. The van der Waals surface area contributed by atoms with Crippen LogP contribution in [0.5, 0.6) is 5.75 Å². The van der Waals surface area contributed by atoms with Gasteiger partial charge in [0.25, 0.3) is 0 Å². The largest absolute Gasteiger partial charge is 0.490 e. The Morgan fingerprint density at radius 3 is 2.58 bits per heavy atom. The Hall–Kier alpha value is -0.670. The van der Waals surface area contributed by atoms with Gasteiger partial charge in [0.2, 0.25) is 0 Å². The summed E-state index contributed by atoms with van der Waals surface area (Å²) in [6, 6.07) is 6.31. The van der Waals surface area contributed by atoms with Gasteiger partial charge in [-0.1, -0.05) is 25.8 Å². The molecule has 2 nitrogen and oxygen atoms in total. The molecule has 0 atom stereocenters. The van der Waals surface area contributed by atoms with Crippen LogP contribution in [-0.2, 0) is 6.54 Å². The molecule has 1 aliphatic carbocycles. The van der Waals surface area contributed by atoms with E-state index in [1.807, 2.05) is 11.8 Å². The van der Waals surface area contributed by atoms with E-state index in [0.717, 1.165) is 11.5 Å². The first-order valence-corrected chi connectivity index (χ1v) is 8.45. The monoisotopic (exact) mass is 279 g/mol. The molecule has 1 fully saturated rings. The summed E-state index contributed by atoms with van der Waals surface area (Å²) < 4.78 is 6.25. The van der Waals surface area contributed by atoms with Crippen LogP contribution >= 0.6 is 11.8 Å². The maximum atomic E-state index is 6.25. The summed E-state index contributed by atoms with van der Waals surface area (Å²) in [6.07, 6.45) is 8.07. The van der Waals surface area contributed by atoms with Gasteiger partial charge < -0.3 is 10.5 Å². The van der Waals surface area contributed by atoms with Crippen LogP contribution in [0.4, 0.5) is 0 Å². The number of hydrogen-bond donors (Lipinski definition) is 1. The van der Waals surface area contributed by atoms with Crippen molar-refractivity contribution in [1.82, 2.24) is 0 Å². The molecule has 2 N–H and O–H groups in total. The van der Waals surface area contributed by atoms with Crippen LogP contribution in [0.3, 0.4) is 0 Å². The molecule has 0 radical (unpaired) electrons. The summed E-state index contributed by atoms with van der Waals surface area (Å²) in [6.45, 7) is 2.73. The van der Waals surface area contributed by atoms with Gasteiger partial charge in [-0.3, -0.25) is 0 Å². The average Bonchev–Trinajstić information content (AvgIpc) is 2.68. The second-order valence-electron chi connectivity index (χ2n) is 5.10. The minimum Gasteiger partial charge on any atom is -0.490 e. The first-order chi connectivity index (χ1) is 9.35. The lowest BCUT2D eigenvalue weighted by Crippen LogP contribution is -2.17. The van der Waals surface area contributed by atoms with E-state index in [4.69, 9.17) is 10.5 Å². The first-order valence-electron chi connectivity index (χ1n) is 7.46. The third-order valence-corrected chi connectivity index (χ3v) is 4.67. The van der Waals surface area contributed by atoms with Crippen molar-refractivity contribution >= 4 is 11.8 Å². The zero-order chi connectivity index (χ0) is 13.5. The van der Waals surface area contributed by atoms with Gasteiger partial charge in [0.15, 0.2) is 0 Å². The minimum atomic E-state index is 0.384. The predicted molar refractivity (Wildman–Crippen MR) is 82.8 cm³/mol. The molecule has 0 bridgehead atoms. The number of nitrogens with two attached hydrogens (primary N) is 1. The van der Waals surface area contributed by atoms with Gasteiger partial charge in [-0.2, -0.15) is 0 Å². The molecule has 0 aliphatic heterocycles. The van der Waals surface area contributed by atoms with Crippen molar-refractivity contribution in [3.63, 3.8) is 0 Å². The van der Waals surface area contributed by atoms with E-state index in [0.29, 0.717) is 12.6 Å². The summed E-state index contributed by atoms with van der Waals surface area (Å²) in [5, 5.41) is 0. The van der Waals surface area contributed by atoms with Crippen LogP contribution in [-0.4, -0.2) is 11.9 Å². The molecular formula is C16H25NOS. The molecule has 106 valence electrons. The fraction of sp³-hybridized carbons (Fsp3) is 0.625. The predicted octanol–water partition coefficient (Wildman–Crippen LogP) is 4.36. The second-order valence-corrected chi connectivity index (χ2v) is 6.41. The fourth-order valence-corrected chi connectivity index (χ4v) is 3.53. The van der Waals surface area contributed by atoms with E-state index in [-0.39, 0.29) is 0 Å². The number of rotatable bonds is 5. The molecule has 0 heterocycles. The van der Waals surface area contributed by atoms with Crippen LogP contribution in [0.15, 0.2) is 23.1 Å². The third kappa shape index (κ3) is 4.15. The van der Waals surface area contributed by atoms with Crippen LogP contribution in [0.1, 0.15) is 51.0 Å². The number of thioether (sulfide) groups is 1. The van der Waals surface area contributed by atoms with E-state index in [2.05, 4.69) is 25.1 Å². The van der Waals surface area contributed by atoms with E-state index >= 15 is 0 Å². The van der Waals surface area contributed by atoms with Crippen LogP contribution in [0, 0.1) is 0 Å². The van der Waals surface area contributed by atoms with Gasteiger partial charge in [0, 0.05) is 17.0 Å². The quantitative estimate of drug-likeness (QED) is 0.642. The molecule has 1 aromatic rings. The standard InChI is InChI=1S/C16H25NOS/c1-2-19-16-11-7-10-15(14(16)12-17)18-13-8-5-3-4-6-9-13/h7,10-11,13H,2-6,8-9,12,17H2,1H3. The van der Waals surface area contributed by atoms with Crippen LogP contribution < -0.4 is 10.5 Å². The molecular weight excluding hydrogens is 254 g/mol. The summed E-state index contributed by atoms with van der Waals surface area (Å²) in [4.78, 5) is 1.27. The smallest absolute Gasteiger partial charge is 0.125 e. The SMILES string of the molecule is CCSc1cccc(OC2CCCCCC2)c1CN. The van der Waals surface area contributed by atoms with Crippen molar-refractivity contribution in [3.8, 4) is 5.75 Å². The van der Waals surface area contributed by atoms with Crippen molar-refractivity contribution < 1.29 is 4.74 Å². The van der Waals surface area contributed by atoms with Crippen LogP contribution in [0.25, 0.3) is 0 Å². The highest BCUT2D eigenvalue weighted by atomic mass is 32.2. The van der Waals surface area contributed by atoms with E-state index in [1.165, 1.54) is 49.0 Å². The van der Waals surface area contributed by atoms with Gasteiger partial charge in [-0.25, -0.2) is 0 Å². The summed E-state index contributed by atoms with van der Waals surface area (Å²) >= 11 is 1.85. The molecule has 1 aromatic carbocycles. The maximum absolute atomic E-state index is 6.25. The van der Waals surface area contributed by atoms with Gasteiger partial charge in [-0.15, -0.1) is 11.8 Å². The Morgan fingerprint density at radius 2 is 1.95 bits per heavy atom. The third-order valence-electron chi connectivity index (χ3n) is 3.69. The van der Waals surface area contributed by atoms with E-state index in [9.17, 15) is 0 Å². The van der Waals surface area contributed by atoms with Crippen molar-refractivity contribution in [3.05, 3.63) is 23.8 Å². The Kier molecular flexibility index (Phi) is 6.05. The highest BCUT2D eigenvalue weighted by Crippen LogP contribution is 2.32. The van der Waals surface area contributed by atoms with Gasteiger partial charge in [0.1, 0.15) is 5.75 Å². The number of benzene rings is 1. The lowest BCUT2D eigenvalue weighted by molar-refractivity contribution is 0.181. The first kappa shape index (κ1) is 14.7. The molecule has 0 amide bonds. The van der Waals surface area contributed by atoms with E-state index in [1.54, 1.807) is 0 Å². The highest BCUT2D eigenvalue weighted by molar-refractivity contribution is 7.99. The Morgan fingerprint density at radius 1 is 1.21 bits per heavy atom. The van der Waals surface area contributed by atoms with Crippen molar-refractivity contribution in [2.45, 2.75) is 63.0 Å². The Bertz CT molecular complexity index is 386. The number of ether oxygens (including phenoxy) is 1. The van der Waals surface area contributed by atoms with Crippen molar-refractivity contribution in [1.29, 1.82) is 0 Å². The topological polar surface area (TPSA) is 35.2 Å². The number of hydrogen-bond acceptors (Lipinski definition) is 3. The van der Waals surface area contributed by atoms with Gasteiger partial charge in [0.05, 0.1) is 6.10 Å². The van der Waals surface area contributed by atoms with Gasteiger partial charge in [-0.05, 0) is 43.6 Å². The van der Waals surface area contributed by atoms with E-state index < -0.39 is 0 Å². The van der Waals surface area contributed by atoms with Crippen molar-refractivity contribution in [2.24, 2.45) is 5.73 Å². The lowest BCUT2D eigenvalue weighted by Gasteiger charge is -2.20. The molecule has 0 spiro atoms. The maximum Gasteiger partial charge on any atom is 0.125 e. The van der Waals surface area contributed by atoms with Crippen molar-refractivity contribution in [2.75, 3.05) is 5.75 Å². The molecule has 0 aromatic heterocycles. The molecule has 0 saturated heterocycles. The zero-order valence-corrected chi connectivity index (χ0v) is 12.7. The molecule has 2 rings (SSSR count). The Labute approximate surface area is 121 Å². The molecule has 0 unspecified atom stereocenters. The molecule has 3 heteroatoms. The summed E-state index contributed by atoms with van der Waals surface area (Å²) in [5.74, 6) is 2.08. The fourth-order valence-electron chi connectivity index (χ4n) is 2.69. The lowest BCUT2D eigenvalue weighted by atomic mass is 10.1. The molecule has 1 aliphatic rings. The summed E-state index contributed by atoms with van der Waals surface area (Å²) in [5.41, 5.74) is 7.10. The van der Waals surface area contributed by atoms with Crippen LogP contribution in [0.2, 0.25) is 0 Å². The highest BCUT2D eigenvalue weighted by Gasteiger charge is 2.16. The van der Waals surface area contributed by atoms with Gasteiger partial charge >= 0.3 is 0 Å². The average molecular weight is 279 g/mol. The normalized spacial score (nSPS) is 17.2. The minimum absolute atomic E-state index is 0.384. The second kappa shape index (κ2) is 7.81. The Balaban J connectivity index is 2.11. The zero-order valence-electron chi connectivity index (χ0n) is 11.9.